The fraction of sp³-hybridized carbons (Fsp3) is 0.357. The number of hydrogen-bond acceptors (Lipinski definition) is 2. The minimum absolute atomic E-state index is 0.0304. The molecule has 0 spiro atoms. The lowest BCUT2D eigenvalue weighted by Crippen LogP contribution is -2.41. The van der Waals surface area contributed by atoms with Crippen LogP contribution >= 0.6 is 0 Å². The molecule has 3 heteroatoms. The second kappa shape index (κ2) is 4.24. The first-order valence-electron chi connectivity index (χ1n) is 5.82. The molecular formula is C14H18N2O. The van der Waals surface area contributed by atoms with Crippen LogP contribution in [0.3, 0.4) is 0 Å². The van der Waals surface area contributed by atoms with E-state index in [0.717, 1.165) is 17.7 Å². The Bertz CT molecular complexity index is 469. The Kier molecular flexibility index (Phi) is 2.92. The van der Waals surface area contributed by atoms with Crippen molar-refractivity contribution in [3.8, 4) is 0 Å². The van der Waals surface area contributed by atoms with Gasteiger partial charge in [0.1, 0.15) is 0 Å². The van der Waals surface area contributed by atoms with Crippen LogP contribution in [0.1, 0.15) is 31.9 Å². The Labute approximate surface area is 102 Å². The van der Waals surface area contributed by atoms with Gasteiger partial charge in [-0.25, -0.2) is 0 Å². The first-order valence-corrected chi connectivity index (χ1v) is 5.82. The van der Waals surface area contributed by atoms with Gasteiger partial charge in [0.2, 0.25) is 0 Å². The number of benzene rings is 1. The van der Waals surface area contributed by atoms with Gasteiger partial charge in [-0.1, -0.05) is 24.3 Å². The molecular weight excluding hydrogens is 212 g/mol. The summed E-state index contributed by atoms with van der Waals surface area (Å²) in [7, 11) is 0. The van der Waals surface area contributed by atoms with Gasteiger partial charge in [-0.15, -0.1) is 0 Å². The van der Waals surface area contributed by atoms with Crippen LogP contribution in [0.4, 0.5) is 0 Å². The van der Waals surface area contributed by atoms with Crippen molar-refractivity contribution < 1.29 is 4.79 Å². The molecule has 0 saturated carbocycles. The number of amides is 1. The first kappa shape index (κ1) is 11.7. The largest absolute Gasteiger partial charge is 0.386 e. The lowest BCUT2D eigenvalue weighted by atomic mass is 9.96. The molecule has 2 rings (SSSR count). The monoisotopic (exact) mass is 230 g/mol. The van der Waals surface area contributed by atoms with Crippen molar-refractivity contribution in [2.45, 2.75) is 32.9 Å². The molecule has 0 aliphatic carbocycles. The van der Waals surface area contributed by atoms with Gasteiger partial charge < -0.3 is 10.6 Å². The van der Waals surface area contributed by atoms with Gasteiger partial charge in [0.05, 0.1) is 5.57 Å². The van der Waals surface area contributed by atoms with Gasteiger partial charge in [-0.05, 0) is 31.9 Å². The minimum Gasteiger partial charge on any atom is -0.386 e. The highest BCUT2D eigenvalue weighted by Crippen LogP contribution is 2.22. The van der Waals surface area contributed by atoms with Gasteiger partial charge in [0.25, 0.3) is 5.91 Å². The van der Waals surface area contributed by atoms with E-state index in [1.807, 2.05) is 45.0 Å². The first-order chi connectivity index (χ1) is 7.97. The predicted octanol–water partition coefficient (Wildman–Crippen LogP) is 2.05. The van der Waals surface area contributed by atoms with Crippen molar-refractivity contribution in [2.24, 2.45) is 0 Å². The average Bonchev–Trinajstić information content (AvgIpc) is 2.26. The number of carbonyl (C=O) groups excluding carboxylic acids is 1. The molecule has 0 atom stereocenters. The van der Waals surface area contributed by atoms with Crippen LogP contribution < -0.4 is 10.6 Å². The van der Waals surface area contributed by atoms with Crippen LogP contribution in [0.15, 0.2) is 30.5 Å². The molecule has 0 bridgehead atoms. The predicted molar refractivity (Wildman–Crippen MR) is 69.2 cm³/mol. The maximum Gasteiger partial charge on any atom is 0.253 e. The summed E-state index contributed by atoms with van der Waals surface area (Å²) in [6.07, 6.45) is 1.80. The van der Waals surface area contributed by atoms with Crippen LogP contribution in [-0.2, 0) is 11.3 Å². The van der Waals surface area contributed by atoms with Crippen molar-refractivity contribution in [1.29, 1.82) is 0 Å². The third-order valence-corrected chi connectivity index (χ3v) is 2.58. The Balaban J connectivity index is 2.28. The topological polar surface area (TPSA) is 41.1 Å². The van der Waals surface area contributed by atoms with Crippen molar-refractivity contribution in [2.75, 3.05) is 0 Å². The fourth-order valence-corrected chi connectivity index (χ4v) is 1.87. The Morgan fingerprint density at radius 2 is 2.00 bits per heavy atom. The van der Waals surface area contributed by atoms with Crippen molar-refractivity contribution in [3.63, 3.8) is 0 Å². The summed E-state index contributed by atoms with van der Waals surface area (Å²) >= 11 is 0. The molecule has 3 nitrogen and oxygen atoms in total. The van der Waals surface area contributed by atoms with Gasteiger partial charge >= 0.3 is 0 Å². The third-order valence-electron chi connectivity index (χ3n) is 2.58. The molecule has 1 aromatic rings. The maximum atomic E-state index is 12.2. The summed E-state index contributed by atoms with van der Waals surface area (Å²) in [5.74, 6) is -0.0304. The van der Waals surface area contributed by atoms with Crippen LogP contribution in [0.25, 0.3) is 5.57 Å². The molecule has 0 fully saturated rings. The van der Waals surface area contributed by atoms with Gasteiger partial charge in [0.15, 0.2) is 0 Å². The van der Waals surface area contributed by atoms with Crippen molar-refractivity contribution >= 4 is 11.5 Å². The number of nitrogens with one attached hydrogen (secondary N) is 2. The van der Waals surface area contributed by atoms with E-state index in [2.05, 4.69) is 10.6 Å². The van der Waals surface area contributed by atoms with Gasteiger partial charge in [-0.2, -0.15) is 0 Å². The molecule has 0 saturated heterocycles. The standard InChI is InChI=1S/C14H18N2O/c1-14(2,3)16-13(17)12-9-15-8-10-6-4-5-7-11(10)12/h4-7,9,15H,8H2,1-3H3,(H,16,17). The lowest BCUT2D eigenvalue weighted by Gasteiger charge is -2.24. The van der Waals surface area contributed by atoms with E-state index in [0.29, 0.717) is 5.57 Å². The number of rotatable bonds is 1. The zero-order valence-electron chi connectivity index (χ0n) is 10.5. The summed E-state index contributed by atoms with van der Waals surface area (Å²) < 4.78 is 0. The molecule has 2 N–H and O–H groups in total. The normalized spacial score (nSPS) is 14.4. The third kappa shape index (κ3) is 2.67. The molecule has 90 valence electrons. The second-order valence-electron chi connectivity index (χ2n) is 5.30. The van der Waals surface area contributed by atoms with Gasteiger partial charge in [-0.3, -0.25) is 4.79 Å². The minimum atomic E-state index is -0.218. The number of carbonyl (C=O) groups is 1. The molecule has 0 radical (unpaired) electrons. The molecule has 1 aliphatic rings. The zero-order valence-corrected chi connectivity index (χ0v) is 10.5. The maximum absolute atomic E-state index is 12.2. The highest BCUT2D eigenvalue weighted by Gasteiger charge is 2.21. The molecule has 17 heavy (non-hydrogen) atoms. The Morgan fingerprint density at radius 3 is 2.71 bits per heavy atom. The molecule has 0 unspecified atom stereocenters. The summed E-state index contributed by atoms with van der Waals surface area (Å²) in [6.45, 7) is 6.72. The number of fused-ring (bicyclic) bond motifs is 1. The van der Waals surface area contributed by atoms with Crippen LogP contribution in [0, 0.1) is 0 Å². The molecule has 1 aromatic carbocycles. The Hall–Kier alpha value is -1.77. The van der Waals surface area contributed by atoms with Crippen LogP contribution in [0.5, 0.6) is 0 Å². The summed E-state index contributed by atoms with van der Waals surface area (Å²) in [5.41, 5.74) is 2.67. The molecule has 1 heterocycles. The van der Waals surface area contributed by atoms with Crippen molar-refractivity contribution in [1.82, 2.24) is 10.6 Å². The van der Waals surface area contributed by atoms with Gasteiger partial charge in [0, 0.05) is 18.3 Å². The fourth-order valence-electron chi connectivity index (χ4n) is 1.87. The van der Waals surface area contributed by atoms with Crippen molar-refractivity contribution in [3.05, 3.63) is 41.6 Å². The second-order valence-corrected chi connectivity index (χ2v) is 5.30. The summed E-state index contributed by atoms with van der Waals surface area (Å²) in [6, 6.07) is 7.98. The summed E-state index contributed by atoms with van der Waals surface area (Å²) in [4.78, 5) is 12.2. The van der Waals surface area contributed by atoms with E-state index in [9.17, 15) is 4.79 Å². The average molecular weight is 230 g/mol. The van der Waals surface area contributed by atoms with E-state index < -0.39 is 0 Å². The highest BCUT2D eigenvalue weighted by atomic mass is 16.1. The quantitative estimate of drug-likeness (QED) is 0.775. The van der Waals surface area contributed by atoms with E-state index in [-0.39, 0.29) is 11.4 Å². The number of hydrogen-bond donors (Lipinski definition) is 2. The molecule has 1 aliphatic heterocycles. The highest BCUT2D eigenvalue weighted by molar-refractivity contribution is 6.20. The lowest BCUT2D eigenvalue weighted by molar-refractivity contribution is -0.116. The Morgan fingerprint density at radius 1 is 1.29 bits per heavy atom. The molecule has 1 amide bonds. The van der Waals surface area contributed by atoms with E-state index in [1.165, 1.54) is 0 Å². The summed E-state index contributed by atoms with van der Waals surface area (Å²) in [5, 5.41) is 6.12. The van der Waals surface area contributed by atoms with E-state index in [1.54, 1.807) is 6.20 Å². The molecule has 0 aromatic heterocycles. The smallest absolute Gasteiger partial charge is 0.253 e. The van der Waals surface area contributed by atoms with Crippen LogP contribution in [0.2, 0.25) is 0 Å². The van der Waals surface area contributed by atoms with E-state index in [4.69, 9.17) is 0 Å². The van der Waals surface area contributed by atoms with Crippen LogP contribution in [-0.4, -0.2) is 11.4 Å². The SMILES string of the molecule is CC(C)(C)NC(=O)C1=CNCc2ccccc21. The zero-order chi connectivity index (χ0) is 12.5. The van der Waals surface area contributed by atoms with E-state index >= 15 is 0 Å².